The number of likely N-dealkylation sites (N-methyl/N-ethyl adjacent to an activating group) is 2. The Morgan fingerprint density at radius 1 is 1.07 bits per heavy atom. The second kappa shape index (κ2) is 9.14. The number of aromatic carboxylic acids is 1. The monoisotopic (exact) mass is 373 g/mol. The summed E-state index contributed by atoms with van der Waals surface area (Å²) in [5.41, 5.74) is 0.866. The fourth-order valence-corrected chi connectivity index (χ4v) is 2.67. The largest absolute Gasteiger partial charge is 0.478 e. The van der Waals surface area contributed by atoms with Crippen molar-refractivity contribution in [2.24, 2.45) is 0 Å². The number of hydrogen-bond acceptors (Lipinski definition) is 4. The Hall–Kier alpha value is -2.93. The summed E-state index contributed by atoms with van der Waals surface area (Å²) in [5, 5.41) is 12.2. The van der Waals surface area contributed by atoms with Crippen molar-refractivity contribution >= 4 is 23.3 Å². The maximum absolute atomic E-state index is 13.8. The number of halogens is 1. The standard InChI is InChI=1S/C20H24FN3O3/c1-4-24(12-11-23(2)3)18-10-9-14(13-16(18)20(26)27)22-19(25)15-7-5-6-8-17(15)21/h5-10,13H,4,11-12H2,1-3H3,(H,22,25)(H,26,27). The average molecular weight is 373 g/mol. The molecule has 2 rings (SSSR count). The average Bonchev–Trinajstić information content (AvgIpc) is 2.63. The normalized spacial score (nSPS) is 10.7. The van der Waals surface area contributed by atoms with Crippen LogP contribution in [0.4, 0.5) is 15.8 Å². The van der Waals surface area contributed by atoms with Crippen LogP contribution in [0.5, 0.6) is 0 Å². The van der Waals surface area contributed by atoms with Crippen LogP contribution < -0.4 is 10.2 Å². The molecule has 0 aliphatic rings. The van der Waals surface area contributed by atoms with Gasteiger partial charge in [0.2, 0.25) is 0 Å². The highest BCUT2D eigenvalue weighted by molar-refractivity contribution is 6.05. The third-order valence-electron chi connectivity index (χ3n) is 4.14. The summed E-state index contributed by atoms with van der Waals surface area (Å²) in [4.78, 5) is 28.0. The van der Waals surface area contributed by atoms with Crippen LogP contribution in [0.2, 0.25) is 0 Å². The predicted molar refractivity (Wildman–Crippen MR) is 104 cm³/mol. The number of carbonyl (C=O) groups excluding carboxylic acids is 1. The molecule has 0 heterocycles. The van der Waals surface area contributed by atoms with Crippen LogP contribution in [0.1, 0.15) is 27.6 Å². The van der Waals surface area contributed by atoms with Crippen LogP contribution in [-0.4, -0.2) is 55.6 Å². The summed E-state index contributed by atoms with van der Waals surface area (Å²) in [6.45, 7) is 4.05. The van der Waals surface area contributed by atoms with Crippen LogP contribution in [-0.2, 0) is 0 Å². The van der Waals surface area contributed by atoms with E-state index in [2.05, 4.69) is 5.32 Å². The molecule has 144 valence electrons. The molecule has 0 saturated carbocycles. The highest BCUT2D eigenvalue weighted by Crippen LogP contribution is 2.25. The van der Waals surface area contributed by atoms with E-state index in [9.17, 15) is 19.1 Å². The first-order chi connectivity index (χ1) is 12.8. The van der Waals surface area contributed by atoms with E-state index in [0.717, 1.165) is 6.54 Å². The van der Waals surface area contributed by atoms with Crippen molar-refractivity contribution in [2.45, 2.75) is 6.92 Å². The summed E-state index contributed by atoms with van der Waals surface area (Å²) >= 11 is 0. The number of hydrogen-bond donors (Lipinski definition) is 2. The SMILES string of the molecule is CCN(CCN(C)C)c1ccc(NC(=O)c2ccccc2F)cc1C(=O)O. The Bertz CT molecular complexity index is 824. The van der Waals surface area contributed by atoms with Gasteiger partial charge in [-0.2, -0.15) is 0 Å². The number of amides is 1. The smallest absolute Gasteiger partial charge is 0.337 e. The summed E-state index contributed by atoms with van der Waals surface area (Å²) in [7, 11) is 3.90. The van der Waals surface area contributed by atoms with Gasteiger partial charge in [0.1, 0.15) is 5.82 Å². The number of benzene rings is 2. The third kappa shape index (κ3) is 5.27. The minimum Gasteiger partial charge on any atom is -0.478 e. The molecule has 1 amide bonds. The number of carboxylic acids is 1. The fraction of sp³-hybridized carbons (Fsp3) is 0.300. The fourth-order valence-electron chi connectivity index (χ4n) is 2.67. The molecule has 0 aliphatic heterocycles. The van der Waals surface area contributed by atoms with Gasteiger partial charge < -0.3 is 20.2 Å². The molecule has 0 fully saturated rings. The lowest BCUT2D eigenvalue weighted by atomic mass is 10.1. The van der Waals surface area contributed by atoms with Crippen LogP contribution in [0.3, 0.4) is 0 Å². The summed E-state index contributed by atoms with van der Waals surface area (Å²) in [5.74, 6) is -2.35. The topological polar surface area (TPSA) is 72.9 Å². The van der Waals surface area contributed by atoms with E-state index in [1.54, 1.807) is 18.2 Å². The van der Waals surface area contributed by atoms with E-state index in [1.165, 1.54) is 24.3 Å². The number of rotatable bonds is 8. The summed E-state index contributed by atoms with van der Waals surface area (Å²) < 4.78 is 13.8. The van der Waals surface area contributed by atoms with Gasteiger partial charge in [-0.25, -0.2) is 9.18 Å². The summed E-state index contributed by atoms with van der Waals surface area (Å²) in [6.07, 6.45) is 0. The van der Waals surface area contributed by atoms with Gasteiger partial charge in [-0.3, -0.25) is 4.79 Å². The molecule has 0 aromatic heterocycles. The Morgan fingerprint density at radius 2 is 1.78 bits per heavy atom. The number of nitrogens with zero attached hydrogens (tertiary/aromatic N) is 2. The van der Waals surface area contributed by atoms with Gasteiger partial charge in [-0.15, -0.1) is 0 Å². The summed E-state index contributed by atoms with van der Waals surface area (Å²) in [6, 6.07) is 10.3. The highest BCUT2D eigenvalue weighted by atomic mass is 19.1. The van der Waals surface area contributed by atoms with E-state index < -0.39 is 17.7 Å². The number of nitrogens with one attached hydrogen (secondary N) is 1. The molecule has 0 bridgehead atoms. The molecule has 0 aliphatic carbocycles. The molecule has 2 aromatic rings. The predicted octanol–water partition coefficient (Wildman–Crippen LogP) is 3.16. The first kappa shape index (κ1) is 20.4. The minimum atomic E-state index is -1.09. The van der Waals surface area contributed by atoms with Crippen LogP contribution in [0.15, 0.2) is 42.5 Å². The molecule has 0 radical (unpaired) electrons. The molecular formula is C20H24FN3O3. The Kier molecular flexibility index (Phi) is 6.90. The van der Waals surface area contributed by atoms with Crippen molar-refractivity contribution in [3.05, 3.63) is 59.4 Å². The molecule has 27 heavy (non-hydrogen) atoms. The van der Waals surface area contributed by atoms with Gasteiger partial charge in [0.15, 0.2) is 0 Å². The van der Waals surface area contributed by atoms with E-state index in [-0.39, 0.29) is 11.1 Å². The van der Waals surface area contributed by atoms with Crippen LogP contribution in [0, 0.1) is 5.82 Å². The van der Waals surface area contributed by atoms with E-state index in [0.29, 0.717) is 24.5 Å². The van der Waals surface area contributed by atoms with Gasteiger partial charge >= 0.3 is 5.97 Å². The molecule has 7 heteroatoms. The maximum atomic E-state index is 13.8. The number of carboxylic acid groups (broad SMARTS) is 1. The quantitative estimate of drug-likeness (QED) is 0.744. The Balaban J connectivity index is 2.28. The van der Waals surface area contributed by atoms with Gasteiger partial charge in [-0.05, 0) is 51.4 Å². The van der Waals surface area contributed by atoms with E-state index >= 15 is 0 Å². The van der Waals surface area contributed by atoms with Crippen molar-refractivity contribution in [3.63, 3.8) is 0 Å². The van der Waals surface area contributed by atoms with E-state index in [4.69, 9.17) is 0 Å². The van der Waals surface area contributed by atoms with Crippen LogP contribution >= 0.6 is 0 Å². The van der Waals surface area contributed by atoms with Crippen molar-refractivity contribution in [1.82, 2.24) is 4.90 Å². The minimum absolute atomic E-state index is 0.0851. The number of anilines is 2. The Labute approximate surface area is 158 Å². The molecule has 2 aromatic carbocycles. The Morgan fingerprint density at radius 3 is 2.37 bits per heavy atom. The van der Waals surface area contributed by atoms with Gasteiger partial charge in [-0.1, -0.05) is 12.1 Å². The lowest BCUT2D eigenvalue weighted by molar-refractivity contribution is 0.0697. The van der Waals surface area contributed by atoms with Gasteiger partial charge in [0.25, 0.3) is 5.91 Å². The number of carbonyl (C=O) groups is 2. The molecule has 0 atom stereocenters. The zero-order valence-corrected chi connectivity index (χ0v) is 15.7. The highest BCUT2D eigenvalue weighted by Gasteiger charge is 2.18. The zero-order valence-electron chi connectivity index (χ0n) is 15.7. The van der Waals surface area contributed by atoms with Crippen molar-refractivity contribution in [3.8, 4) is 0 Å². The van der Waals surface area contributed by atoms with Crippen LogP contribution in [0.25, 0.3) is 0 Å². The third-order valence-corrected chi connectivity index (χ3v) is 4.14. The molecule has 0 spiro atoms. The first-order valence-electron chi connectivity index (χ1n) is 8.66. The molecule has 0 saturated heterocycles. The van der Waals surface area contributed by atoms with E-state index in [1.807, 2.05) is 30.8 Å². The van der Waals surface area contributed by atoms with Crippen molar-refractivity contribution in [2.75, 3.05) is 43.9 Å². The van der Waals surface area contributed by atoms with Crippen molar-refractivity contribution in [1.29, 1.82) is 0 Å². The maximum Gasteiger partial charge on any atom is 0.337 e. The van der Waals surface area contributed by atoms with Gasteiger partial charge in [0, 0.05) is 25.3 Å². The lowest BCUT2D eigenvalue weighted by Gasteiger charge is -2.26. The second-order valence-corrected chi connectivity index (χ2v) is 6.35. The van der Waals surface area contributed by atoms with Gasteiger partial charge in [0.05, 0.1) is 16.8 Å². The molecular weight excluding hydrogens is 349 g/mol. The zero-order chi connectivity index (χ0) is 20.0. The molecule has 0 unspecified atom stereocenters. The lowest BCUT2D eigenvalue weighted by Crippen LogP contribution is -2.32. The molecule has 2 N–H and O–H groups in total. The second-order valence-electron chi connectivity index (χ2n) is 6.35. The molecule has 6 nitrogen and oxygen atoms in total. The first-order valence-corrected chi connectivity index (χ1v) is 8.66. The van der Waals surface area contributed by atoms with Crippen molar-refractivity contribution < 1.29 is 19.1 Å².